The molecule has 1 aliphatic heterocycles. The van der Waals surface area contributed by atoms with Crippen LogP contribution in [-0.2, 0) is 4.79 Å². The smallest absolute Gasteiger partial charge is 0.352 e. The first-order valence-electron chi connectivity index (χ1n) is 6.66. The highest BCUT2D eigenvalue weighted by atomic mass is 35.5. The Balaban J connectivity index is 2.03. The van der Waals surface area contributed by atoms with E-state index in [9.17, 15) is 9.90 Å². The zero-order valence-electron chi connectivity index (χ0n) is 11.4. The lowest BCUT2D eigenvalue weighted by atomic mass is 10.0. The normalized spacial score (nSPS) is 17.5. The summed E-state index contributed by atoms with van der Waals surface area (Å²) in [6, 6.07) is 14.6. The number of carboxylic acids is 1. The maximum absolute atomic E-state index is 11.3. The van der Waals surface area contributed by atoms with Crippen LogP contribution in [0.4, 0.5) is 5.69 Å². The Kier molecular flexibility index (Phi) is 4.05. The van der Waals surface area contributed by atoms with Crippen molar-refractivity contribution in [2.75, 3.05) is 5.01 Å². The number of nitrogens with zero attached hydrogens (tertiary/aromatic N) is 2. The first kappa shape index (κ1) is 14.9. The second-order valence-electron chi connectivity index (χ2n) is 4.93. The first-order chi connectivity index (χ1) is 10.6. The molecule has 112 valence electrons. The Hall–Kier alpha value is -2.04. The molecule has 6 heteroatoms. The molecule has 2 aromatic rings. The second kappa shape index (κ2) is 5.99. The number of hydrazone groups is 1. The summed E-state index contributed by atoms with van der Waals surface area (Å²) in [5.74, 6) is -1.01. The zero-order valence-corrected chi connectivity index (χ0v) is 12.9. The van der Waals surface area contributed by atoms with Gasteiger partial charge in [0, 0.05) is 6.42 Å². The van der Waals surface area contributed by atoms with Crippen molar-refractivity contribution in [2.24, 2.45) is 5.10 Å². The summed E-state index contributed by atoms with van der Waals surface area (Å²) in [6.07, 6.45) is 0.333. The molecule has 0 saturated carbocycles. The highest BCUT2D eigenvalue weighted by Crippen LogP contribution is 2.37. The molecule has 0 unspecified atom stereocenters. The summed E-state index contributed by atoms with van der Waals surface area (Å²) in [5.41, 5.74) is 1.83. The number of benzene rings is 2. The number of hydrogen-bond donors (Lipinski definition) is 1. The van der Waals surface area contributed by atoms with Gasteiger partial charge in [0.05, 0.1) is 21.8 Å². The predicted octanol–water partition coefficient (Wildman–Crippen LogP) is 4.39. The van der Waals surface area contributed by atoms with Gasteiger partial charge < -0.3 is 5.11 Å². The van der Waals surface area contributed by atoms with Crippen LogP contribution >= 0.6 is 23.2 Å². The van der Waals surface area contributed by atoms with Crippen molar-refractivity contribution in [3.63, 3.8) is 0 Å². The van der Waals surface area contributed by atoms with E-state index in [1.807, 2.05) is 30.3 Å². The molecule has 0 aliphatic carbocycles. The molecule has 0 amide bonds. The molecule has 0 saturated heterocycles. The van der Waals surface area contributed by atoms with Gasteiger partial charge in [-0.25, -0.2) is 4.79 Å². The number of carbonyl (C=O) groups is 1. The van der Waals surface area contributed by atoms with Gasteiger partial charge in [-0.1, -0.05) is 53.5 Å². The highest BCUT2D eigenvalue weighted by Gasteiger charge is 2.32. The minimum atomic E-state index is -1.01. The third kappa shape index (κ3) is 2.80. The number of halogens is 2. The quantitative estimate of drug-likeness (QED) is 0.905. The minimum absolute atomic E-state index is 0.125. The third-order valence-electron chi connectivity index (χ3n) is 3.51. The van der Waals surface area contributed by atoms with Gasteiger partial charge in [0.1, 0.15) is 5.71 Å². The van der Waals surface area contributed by atoms with Gasteiger partial charge in [-0.15, -0.1) is 0 Å². The molecule has 0 bridgehead atoms. The molecule has 22 heavy (non-hydrogen) atoms. The highest BCUT2D eigenvalue weighted by molar-refractivity contribution is 6.42. The van der Waals surface area contributed by atoms with Crippen molar-refractivity contribution in [1.82, 2.24) is 0 Å². The minimum Gasteiger partial charge on any atom is -0.477 e. The number of carboxylic acid groups (broad SMARTS) is 1. The number of aliphatic carboxylic acids is 1. The summed E-state index contributed by atoms with van der Waals surface area (Å²) in [7, 11) is 0. The van der Waals surface area contributed by atoms with Gasteiger partial charge in [-0.05, 0) is 23.8 Å². The number of hydrogen-bond acceptors (Lipinski definition) is 3. The maximum Gasteiger partial charge on any atom is 0.352 e. The Labute approximate surface area is 137 Å². The topological polar surface area (TPSA) is 52.9 Å². The van der Waals surface area contributed by atoms with Crippen molar-refractivity contribution in [3.8, 4) is 0 Å². The Morgan fingerprint density at radius 3 is 2.50 bits per heavy atom. The SMILES string of the molecule is O=C(O)C1=NN(c2ccc(Cl)c(Cl)c2)[C@@H](c2ccccc2)C1. The van der Waals surface area contributed by atoms with Gasteiger partial charge in [-0.2, -0.15) is 5.10 Å². The van der Waals surface area contributed by atoms with Crippen LogP contribution in [0.2, 0.25) is 10.0 Å². The van der Waals surface area contributed by atoms with Crippen molar-refractivity contribution in [3.05, 3.63) is 64.1 Å². The maximum atomic E-state index is 11.3. The van der Waals surface area contributed by atoms with E-state index in [2.05, 4.69) is 5.10 Å². The lowest BCUT2D eigenvalue weighted by Gasteiger charge is -2.24. The van der Waals surface area contributed by atoms with Crippen molar-refractivity contribution < 1.29 is 9.90 Å². The monoisotopic (exact) mass is 334 g/mol. The van der Waals surface area contributed by atoms with Crippen LogP contribution in [0, 0.1) is 0 Å². The molecular formula is C16H12Cl2N2O2. The molecule has 1 N–H and O–H groups in total. The Morgan fingerprint density at radius 1 is 1.14 bits per heavy atom. The average Bonchev–Trinajstić information content (AvgIpc) is 2.96. The van der Waals surface area contributed by atoms with Crippen molar-refractivity contribution in [1.29, 1.82) is 0 Å². The molecule has 4 nitrogen and oxygen atoms in total. The van der Waals surface area contributed by atoms with Crippen LogP contribution in [-0.4, -0.2) is 16.8 Å². The van der Waals surface area contributed by atoms with Crippen LogP contribution in [0.25, 0.3) is 0 Å². The molecule has 1 heterocycles. The average molecular weight is 335 g/mol. The lowest BCUT2D eigenvalue weighted by molar-refractivity contribution is -0.129. The lowest BCUT2D eigenvalue weighted by Crippen LogP contribution is -2.18. The van der Waals surface area contributed by atoms with E-state index in [0.717, 1.165) is 5.56 Å². The molecular weight excluding hydrogens is 323 g/mol. The number of anilines is 1. The molecule has 0 radical (unpaired) electrons. The molecule has 1 atom stereocenters. The fraction of sp³-hybridized carbons (Fsp3) is 0.125. The zero-order chi connectivity index (χ0) is 15.7. The second-order valence-corrected chi connectivity index (χ2v) is 5.74. The van der Waals surface area contributed by atoms with Crippen LogP contribution in [0.15, 0.2) is 53.6 Å². The fourth-order valence-corrected chi connectivity index (χ4v) is 2.73. The Bertz CT molecular complexity index is 747. The standard InChI is InChI=1S/C16H12Cl2N2O2/c17-12-7-6-11(8-13(12)18)20-15(9-14(19-20)16(21)22)10-4-2-1-3-5-10/h1-8,15H,9H2,(H,21,22)/t15-/m1/s1. The van der Waals surface area contributed by atoms with Crippen LogP contribution in [0.5, 0.6) is 0 Å². The molecule has 2 aromatic carbocycles. The van der Waals surface area contributed by atoms with E-state index in [4.69, 9.17) is 23.2 Å². The van der Waals surface area contributed by atoms with Gasteiger partial charge >= 0.3 is 5.97 Å². The summed E-state index contributed by atoms with van der Waals surface area (Å²) in [6.45, 7) is 0. The van der Waals surface area contributed by atoms with Gasteiger partial charge in [0.2, 0.25) is 0 Å². The summed E-state index contributed by atoms with van der Waals surface area (Å²) in [4.78, 5) is 11.3. The van der Waals surface area contributed by atoms with Gasteiger partial charge in [0.25, 0.3) is 0 Å². The Morgan fingerprint density at radius 2 is 1.86 bits per heavy atom. The molecule has 1 aliphatic rings. The summed E-state index contributed by atoms with van der Waals surface area (Å²) >= 11 is 12.0. The van der Waals surface area contributed by atoms with E-state index in [1.54, 1.807) is 23.2 Å². The van der Waals surface area contributed by atoms with E-state index in [-0.39, 0.29) is 11.8 Å². The van der Waals surface area contributed by atoms with Crippen molar-refractivity contribution >= 4 is 40.6 Å². The molecule has 0 spiro atoms. The van der Waals surface area contributed by atoms with E-state index >= 15 is 0 Å². The predicted molar refractivity (Wildman–Crippen MR) is 87.8 cm³/mol. The molecule has 0 fully saturated rings. The number of rotatable bonds is 3. The first-order valence-corrected chi connectivity index (χ1v) is 7.42. The van der Waals surface area contributed by atoms with E-state index in [0.29, 0.717) is 22.2 Å². The van der Waals surface area contributed by atoms with Gasteiger partial charge in [-0.3, -0.25) is 5.01 Å². The molecule has 0 aromatic heterocycles. The summed E-state index contributed by atoms with van der Waals surface area (Å²) < 4.78 is 0. The van der Waals surface area contributed by atoms with Crippen LogP contribution in [0.1, 0.15) is 18.0 Å². The third-order valence-corrected chi connectivity index (χ3v) is 4.25. The molecule has 3 rings (SSSR count). The van der Waals surface area contributed by atoms with E-state index in [1.165, 1.54) is 0 Å². The van der Waals surface area contributed by atoms with Gasteiger partial charge in [0.15, 0.2) is 0 Å². The summed E-state index contributed by atoms with van der Waals surface area (Å²) in [5, 5.41) is 16.0. The fourth-order valence-electron chi connectivity index (χ4n) is 2.44. The largest absolute Gasteiger partial charge is 0.477 e. The van der Waals surface area contributed by atoms with Crippen LogP contribution < -0.4 is 5.01 Å². The van der Waals surface area contributed by atoms with Crippen LogP contribution in [0.3, 0.4) is 0 Å². The van der Waals surface area contributed by atoms with E-state index < -0.39 is 5.97 Å². The van der Waals surface area contributed by atoms with Crippen molar-refractivity contribution in [2.45, 2.75) is 12.5 Å².